The zero-order valence-electron chi connectivity index (χ0n) is 10.6. The molecule has 14 heavy (non-hydrogen) atoms. The Kier molecular flexibility index (Phi) is 4.43. The Hall–Kier alpha value is -0.0400. The molecule has 0 spiro atoms. The Balaban J connectivity index is 2.46. The maximum absolute atomic E-state index is 2.65. The quantitative estimate of drug-likeness (QED) is 0.669. The molecule has 0 aliphatic carbocycles. The molecule has 1 fully saturated rings. The number of likely N-dealkylation sites (tertiary alicyclic amines) is 1. The molecule has 84 valence electrons. The summed E-state index contributed by atoms with van der Waals surface area (Å²) in [5, 5.41) is 0. The molecule has 1 heteroatoms. The van der Waals surface area contributed by atoms with Gasteiger partial charge in [-0.2, -0.15) is 0 Å². The lowest BCUT2D eigenvalue weighted by atomic mass is 9.81. The van der Waals surface area contributed by atoms with Gasteiger partial charge in [0.1, 0.15) is 0 Å². The zero-order chi connectivity index (χ0) is 10.7. The first-order valence-electron chi connectivity index (χ1n) is 6.32. The average molecular weight is 197 g/mol. The zero-order valence-corrected chi connectivity index (χ0v) is 10.6. The molecule has 0 bridgehead atoms. The topological polar surface area (TPSA) is 3.24 Å². The second kappa shape index (κ2) is 5.16. The van der Waals surface area contributed by atoms with Gasteiger partial charge in [-0.05, 0) is 52.0 Å². The molecule has 1 aliphatic rings. The molecule has 0 N–H and O–H groups in total. The van der Waals surface area contributed by atoms with E-state index in [4.69, 9.17) is 0 Å². The molecule has 0 radical (unpaired) electrons. The van der Waals surface area contributed by atoms with Crippen molar-refractivity contribution in [2.75, 3.05) is 6.54 Å². The average Bonchev–Trinajstić information content (AvgIpc) is 2.15. The normalized spacial score (nSPS) is 32.1. The fourth-order valence-corrected chi connectivity index (χ4v) is 2.84. The first-order valence-corrected chi connectivity index (χ1v) is 6.32. The van der Waals surface area contributed by atoms with Crippen LogP contribution in [0.4, 0.5) is 0 Å². The van der Waals surface area contributed by atoms with E-state index < -0.39 is 0 Å². The highest BCUT2D eigenvalue weighted by molar-refractivity contribution is 4.82. The highest BCUT2D eigenvalue weighted by atomic mass is 15.2. The third kappa shape index (κ3) is 2.73. The van der Waals surface area contributed by atoms with E-state index in [9.17, 15) is 0 Å². The molecule has 0 aromatic carbocycles. The molecule has 0 aromatic heterocycles. The van der Waals surface area contributed by atoms with Gasteiger partial charge in [0.2, 0.25) is 0 Å². The summed E-state index contributed by atoms with van der Waals surface area (Å²) in [6.07, 6.45) is 4.17. The Labute approximate surface area is 89.9 Å². The number of hydrogen-bond acceptors (Lipinski definition) is 1. The van der Waals surface area contributed by atoms with Crippen LogP contribution in [-0.2, 0) is 0 Å². The Morgan fingerprint density at radius 3 is 2.36 bits per heavy atom. The molecule has 1 aliphatic heterocycles. The molecule has 0 aromatic rings. The summed E-state index contributed by atoms with van der Waals surface area (Å²) in [5.74, 6) is 1.90. The predicted octanol–water partition coefficient (Wildman–Crippen LogP) is 3.54. The first-order chi connectivity index (χ1) is 6.56. The lowest BCUT2D eigenvalue weighted by Crippen LogP contribution is -2.45. The van der Waals surface area contributed by atoms with Gasteiger partial charge in [-0.3, -0.25) is 4.90 Å². The van der Waals surface area contributed by atoms with Gasteiger partial charge in [-0.1, -0.05) is 20.3 Å². The maximum atomic E-state index is 2.65. The Morgan fingerprint density at radius 1 is 1.29 bits per heavy atom. The van der Waals surface area contributed by atoms with E-state index in [2.05, 4.69) is 39.5 Å². The van der Waals surface area contributed by atoms with E-state index in [1.807, 2.05) is 0 Å². The van der Waals surface area contributed by atoms with Crippen LogP contribution in [-0.4, -0.2) is 23.5 Å². The van der Waals surface area contributed by atoms with E-state index in [1.54, 1.807) is 0 Å². The van der Waals surface area contributed by atoms with Crippen molar-refractivity contribution in [1.29, 1.82) is 0 Å². The summed E-state index contributed by atoms with van der Waals surface area (Å²) in [5.41, 5.74) is 0. The molecule has 1 heterocycles. The number of nitrogens with zero attached hydrogens (tertiary/aromatic N) is 1. The molecule has 1 nitrogen and oxygen atoms in total. The van der Waals surface area contributed by atoms with Gasteiger partial charge >= 0.3 is 0 Å². The fourth-order valence-electron chi connectivity index (χ4n) is 2.84. The minimum absolute atomic E-state index is 0.725. The van der Waals surface area contributed by atoms with Gasteiger partial charge in [0, 0.05) is 12.1 Å². The predicted molar refractivity (Wildman–Crippen MR) is 63.5 cm³/mol. The van der Waals surface area contributed by atoms with E-state index in [1.165, 1.54) is 25.8 Å². The van der Waals surface area contributed by atoms with Crippen molar-refractivity contribution in [2.45, 2.75) is 66.0 Å². The van der Waals surface area contributed by atoms with Crippen LogP contribution in [0, 0.1) is 11.8 Å². The van der Waals surface area contributed by atoms with Gasteiger partial charge in [-0.15, -0.1) is 0 Å². The minimum atomic E-state index is 0.725. The van der Waals surface area contributed by atoms with E-state index >= 15 is 0 Å². The summed E-state index contributed by atoms with van der Waals surface area (Å²) < 4.78 is 0. The maximum Gasteiger partial charge on any atom is 0.00723 e. The summed E-state index contributed by atoms with van der Waals surface area (Å²) in [7, 11) is 0. The summed E-state index contributed by atoms with van der Waals surface area (Å²) in [4.78, 5) is 2.65. The van der Waals surface area contributed by atoms with Gasteiger partial charge in [0.15, 0.2) is 0 Å². The summed E-state index contributed by atoms with van der Waals surface area (Å²) in [6, 6.07) is 1.52. The third-order valence-corrected chi connectivity index (χ3v) is 4.08. The monoisotopic (exact) mass is 197 g/mol. The number of piperidine rings is 1. The Bertz CT molecular complexity index is 165. The second-order valence-corrected chi connectivity index (χ2v) is 5.35. The van der Waals surface area contributed by atoms with Crippen LogP contribution in [0.1, 0.15) is 53.9 Å². The highest BCUT2D eigenvalue weighted by Gasteiger charge is 2.28. The highest BCUT2D eigenvalue weighted by Crippen LogP contribution is 2.31. The molecular formula is C13H27N. The molecule has 3 unspecified atom stereocenters. The lowest BCUT2D eigenvalue weighted by Gasteiger charge is -2.42. The van der Waals surface area contributed by atoms with E-state index in [-0.39, 0.29) is 0 Å². The first kappa shape index (κ1) is 12.0. The van der Waals surface area contributed by atoms with Gasteiger partial charge in [0.05, 0.1) is 0 Å². The largest absolute Gasteiger partial charge is 0.298 e. The van der Waals surface area contributed by atoms with Crippen LogP contribution >= 0.6 is 0 Å². The fraction of sp³-hybridized carbons (Fsp3) is 1.00. The van der Waals surface area contributed by atoms with Crippen molar-refractivity contribution in [3.63, 3.8) is 0 Å². The summed E-state index contributed by atoms with van der Waals surface area (Å²) in [6.45, 7) is 13.1. The van der Waals surface area contributed by atoms with Crippen LogP contribution in [0.25, 0.3) is 0 Å². The van der Waals surface area contributed by atoms with Gasteiger partial charge in [-0.25, -0.2) is 0 Å². The SMILES string of the molecule is CCC(C)C1CCN(C(C)C)C(C)C1. The third-order valence-electron chi connectivity index (χ3n) is 4.08. The van der Waals surface area contributed by atoms with E-state index in [0.29, 0.717) is 0 Å². The van der Waals surface area contributed by atoms with Crippen molar-refractivity contribution < 1.29 is 0 Å². The van der Waals surface area contributed by atoms with E-state index in [0.717, 1.165) is 23.9 Å². The van der Waals surface area contributed by atoms with Crippen LogP contribution in [0.5, 0.6) is 0 Å². The summed E-state index contributed by atoms with van der Waals surface area (Å²) >= 11 is 0. The molecule has 0 amide bonds. The molecule has 1 saturated heterocycles. The van der Waals surface area contributed by atoms with Crippen LogP contribution in [0.2, 0.25) is 0 Å². The molecule has 0 saturated carbocycles. The minimum Gasteiger partial charge on any atom is -0.298 e. The second-order valence-electron chi connectivity index (χ2n) is 5.35. The molecule has 1 rings (SSSR count). The number of hydrogen-bond donors (Lipinski definition) is 0. The van der Waals surface area contributed by atoms with Crippen molar-refractivity contribution in [3.05, 3.63) is 0 Å². The van der Waals surface area contributed by atoms with Crippen LogP contribution < -0.4 is 0 Å². The number of rotatable bonds is 3. The standard InChI is InChI=1S/C13H27N/c1-6-11(4)13-7-8-14(10(2)3)12(5)9-13/h10-13H,6-9H2,1-5H3. The van der Waals surface area contributed by atoms with Gasteiger partial charge in [0.25, 0.3) is 0 Å². The Morgan fingerprint density at radius 2 is 1.93 bits per heavy atom. The van der Waals surface area contributed by atoms with Crippen molar-refractivity contribution in [1.82, 2.24) is 4.90 Å². The molecular weight excluding hydrogens is 170 g/mol. The van der Waals surface area contributed by atoms with Crippen molar-refractivity contribution in [3.8, 4) is 0 Å². The smallest absolute Gasteiger partial charge is 0.00723 e. The lowest BCUT2D eigenvalue weighted by molar-refractivity contribution is 0.0725. The molecule has 3 atom stereocenters. The van der Waals surface area contributed by atoms with Crippen molar-refractivity contribution >= 4 is 0 Å². The van der Waals surface area contributed by atoms with Gasteiger partial charge < -0.3 is 0 Å². The van der Waals surface area contributed by atoms with Crippen LogP contribution in [0.15, 0.2) is 0 Å². The van der Waals surface area contributed by atoms with Crippen LogP contribution in [0.3, 0.4) is 0 Å². The van der Waals surface area contributed by atoms with Crippen molar-refractivity contribution in [2.24, 2.45) is 11.8 Å².